The third kappa shape index (κ3) is 4.63. The van der Waals surface area contributed by atoms with Crippen LogP contribution < -0.4 is 0 Å². The highest BCUT2D eigenvalue weighted by Crippen LogP contribution is 2.28. The molecule has 0 bridgehead atoms. The highest BCUT2D eigenvalue weighted by atomic mass is 16.7. The van der Waals surface area contributed by atoms with Crippen LogP contribution in [0.3, 0.4) is 0 Å². The summed E-state index contributed by atoms with van der Waals surface area (Å²) in [6.45, 7) is 2.48. The fourth-order valence-corrected chi connectivity index (χ4v) is 2.25. The fraction of sp³-hybridized carbons (Fsp3) is 0.846. The zero-order valence-corrected chi connectivity index (χ0v) is 12.9. The SMILES string of the molecule is CO[C@@H]1O[C@H](COC(C)=O)[C@H](OC(C)=O)[C@H](OC)[C@H]1OC. The van der Waals surface area contributed by atoms with Crippen LogP contribution in [-0.2, 0) is 38.0 Å². The summed E-state index contributed by atoms with van der Waals surface area (Å²) in [6.07, 6.45) is -3.41. The van der Waals surface area contributed by atoms with Crippen molar-refractivity contribution in [2.24, 2.45) is 0 Å². The lowest BCUT2D eigenvalue weighted by Crippen LogP contribution is -2.61. The zero-order chi connectivity index (χ0) is 16.0. The first-order valence-corrected chi connectivity index (χ1v) is 6.49. The van der Waals surface area contributed by atoms with Crippen molar-refractivity contribution in [1.82, 2.24) is 0 Å². The van der Waals surface area contributed by atoms with Crippen LogP contribution in [0.1, 0.15) is 13.8 Å². The van der Waals surface area contributed by atoms with Crippen LogP contribution in [0.15, 0.2) is 0 Å². The third-order valence-electron chi connectivity index (χ3n) is 3.12. The van der Waals surface area contributed by atoms with E-state index in [9.17, 15) is 9.59 Å². The van der Waals surface area contributed by atoms with Gasteiger partial charge in [-0.15, -0.1) is 0 Å². The first kappa shape index (κ1) is 17.8. The molecule has 0 aromatic heterocycles. The Morgan fingerprint density at radius 1 is 0.905 bits per heavy atom. The Labute approximate surface area is 123 Å². The van der Waals surface area contributed by atoms with Gasteiger partial charge in [0.15, 0.2) is 12.4 Å². The predicted molar refractivity (Wildman–Crippen MR) is 69.5 cm³/mol. The molecule has 1 aliphatic heterocycles. The van der Waals surface area contributed by atoms with Gasteiger partial charge in [-0.1, -0.05) is 0 Å². The summed E-state index contributed by atoms with van der Waals surface area (Å²) in [5, 5.41) is 0. The maximum Gasteiger partial charge on any atom is 0.303 e. The second-order valence-corrected chi connectivity index (χ2v) is 4.56. The Balaban J connectivity index is 2.95. The second kappa shape index (κ2) is 8.28. The largest absolute Gasteiger partial charge is 0.463 e. The van der Waals surface area contributed by atoms with E-state index in [1.165, 1.54) is 35.2 Å². The fourth-order valence-electron chi connectivity index (χ4n) is 2.25. The number of rotatable bonds is 6. The molecule has 0 radical (unpaired) electrons. The van der Waals surface area contributed by atoms with E-state index < -0.39 is 42.6 Å². The molecule has 1 fully saturated rings. The van der Waals surface area contributed by atoms with Crippen LogP contribution in [0.4, 0.5) is 0 Å². The summed E-state index contributed by atoms with van der Waals surface area (Å²) < 4.78 is 31.7. The van der Waals surface area contributed by atoms with Crippen LogP contribution in [0.5, 0.6) is 0 Å². The first-order chi connectivity index (χ1) is 9.94. The molecular weight excluding hydrogens is 284 g/mol. The van der Waals surface area contributed by atoms with Gasteiger partial charge in [0.2, 0.25) is 0 Å². The van der Waals surface area contributed by atoms with Crippen molar-refractivity contribution in [3.63, 3.8) is 0 Å². The van der Waals surface area contributed by atoms with Crippen LogP contribution in [-0.4, -0.2) is 70.6 Å². The van der Waals surface area contributed by atoms with E-state index in [4.69, 9.17) is 28.4 Å². The Bertz CT molecular complexity index is 358. The molecule has 0 aromatic rings. The Hall–Kier alpha value is -1.22. The topological polar surface area (TPSA) is 89.5 Å². The molecule has 1 aliphatic rings. The van der Waals surface area contributed by atoms with E-state index in [2.05, 4.69) is 0 Å². The van der Waals surface area contributed by atoms with Crippen LogP contribution in [0, 0.1) is 0 Å². The van der Waals surface area contributed by atoms with Gasteiger partial charge in [0.25, 0.3) is 0 Å². The molecule has 0 spiro atoms. The molecule has 122 valence electrons. The summed E-state index contributed by atoms with van der Waals surface area (Å²) in [7, 11) is 4.40. The van der Waals surface area contributed by atoms with Gasteiger partial charge in [-0.2, -0.15) is 0 Å². The minimum Gasteiger partial charge on any atom is -0.463 e. The van der Waals surface area contributed by atoms with Crippen LogP contribution in [0.2, 0.25) is 0 Å². The van der Waals surface area contributed by atoms with Gasteiger partial charge >= 0.3 is 11.9 Å². The number of carbonyl (C=O) groups excluding carboxylic acids is 2. The quantitative estimate of drug-likeness (QED) is 0.628. The van der Waals surface area contributed by atoms with Crippen molar-refractivity contribution in [1.29, 1.82) is 0 Å². The zero-order valence-electron chi connectivity index (χ0n) is 12.9. The lowest BCUT2D eigenvalue weighted by Gasteiger charge is -2.43. The molecule has 0 unspecified atom stereocenters. The number of hydrogen-bond acceptors (Lipinski definition) is 8. The van der Waals surface area contributed by atoms with E-state index in [-0.39, 0.29) is 6.61 Å². The smallest absolute Gasteiger partial charge is 0.303 e. The number of esters is 2. The standard InChI is InChI=1S/C13H22O8/c1-7(14)19-6-9-10(20-8(2)15)11(16-3)12(17-4)13(18-5)21-9/h9-13H,6H2,1-5H3/t9-,10+,11+,12-,13-/m1/s1. The number of hydrogen-bond donors (Lipinski definition) is 0. The van der Waals surface area contributed by atoms with Crippen molar-refractivity contribution >= 4 is 11.9 Å². The number of methoxy groups -OCH3 is 3. The molecule has 0 aliphatic carbocycles. The number of carbonyl (C=O) groups is 2. The summed E-state index contributed by atoms with van der Waals surface area (Å²) in [4.78, 5) is 22.3. The van der Waals surface area contributed by atoms with Crippen molar-refractivity contribution < 1.29 is 38.0 Å². The van der Waals surface area contributed by atoms with E-state index in [0.717, 1.165) is 0 Å². The van der Waals surface area contributed by atoms with Gasteiger partial charge in [-0.05, 0) is 0 Å². The highest BCUT2D eigenvalue weighted by Gasteiger charge is 2.49. The summed E-state index contributed by atoms with van der Waals surface area (Å²) >= 11 is 0. The van der Waals surface area contributed by atoms with E-state index >= 15 is 0 Å². The minimum atomic E-state index is -0.775. The van der Waals surface area contributed by atoms with Gasteiger partial charge in [-0.25, -0.2) is 0 Å². The molecule has 1 heterocycles. The maximum atomic E-state index is 11.3. The van der Waals surface area contributed by atoms with Gasteiger partial charge in [0.05, 0.1) is 0 Å². The average Bonchev–Trinajstić information content (AvgIpc) is 2.44. The van der Waals surface area contributed by atoms with Crippen LogP contribution in [0.25, 0.3) is 0 Å². The Kier molecular flexibility index (Phi) is 7.03. The Morgan fingerprint density at radius 3 is 1.95 bits per heavy atom. The average molecular weight is 306 g/mol. The molecule has 8 nitrogen and oxygen atoms in total. The lowest BCUT2D eigenvalue weighted by atomic mass is 9.98. The maximum absolute atomic E-state index is 11.3. The number of ether oxygens (including phenoxy) is 6. The van der Waals surface area contributed by atoms with E-state index in [0.29, 0.717) is 0 Å². The predicted octanol–water partition coefficient (Wildman–Crippen LogP) is -0.117. The normalized spacial score (nSPS) is 32.5. The molecular formula is C13H22O8. The monoisotopic (exact) mass is 306 g/mol. The molecule has 1 rings (SSSR count). The van der Waals surface area contributed by atoms with Crippen LogP contribution >= 0.6 is 0 Å². The van der Waals surface area contributed by atoms with Crippen molar-refractivity contribution in [3.8, 4) is 0 Å². The van der Waals surface area contributed by atoms with Gasteiger partial charge < -0.3 is 28.4 Å². The summed E-state index contributed by atoms with van der Waals surface area (Å²) in [6, 6.07) is 0. The van der Waals surface area contributed by atoms with Gasteiger partial charge in [0.1, 0.15) is 24.9 Å². The van der Waals surface area contributed by atoms with Gasteiger partial charge in [-0.3, -0.25) is 9.59 Å². The molecule has 0 saturated carbocycles. The minimum absolute atomic E-state index is 0.0799. The Morgan fingerprint density at radius 2 is 1.52 bits per heavy atom. The molecule has 5 atom stereocenters. The van der Waals surface area contributed by atoms with Crippen molar-refractivity contribution in [2.45, 2.75) is 44.6 Å². The third-order valence-corrected chi connectivity index (χ3v) is 3.12. The first-order valence-electron chi connectivity index (χ1n) is 6.49. The summed E-state index contributed by atoms with van der Waals surface area (Å²) in [5.74, 6) is -0.957. The molecule has 21 heavy (non-hydrogen) atoms. The molecule has 0 amide bonds. The second-order valence-electron chi connectivity index (χ2n) is 4.56. The summed E-state index contributed by atoms with van der Waals surface area (Å²) in [5.41, 5.74) is 0. The molecule has 0 N–H and O–H groups in total. The van der Waals surface area contributed by atoms with E-state index in [1.807, 2.05) is 0 Å². The lowest BCUT2D eigenvalue weighted by molar-refractivity contribution is -0.305. The van der Waals surface area contributed by atoms with E-state index in [1.54, 1.807) is 0 Å². The molecule has 1 saturated heterocycles. The highest BCUT2D eigenvalue weighted by molar-refractivity contribution is 5.66. The van der Waals surface area contributed by atoms with Crippen molar-refractivity contribution in [3.05, 3.63) is 0 Å². The van der Waals surface area contributed by atoms with Crippen molar-refractivity contribution in [2.75, 3.05) is 27.9 Å². The molecule has 8 heteroatoms. The van der Waals surface area contributed by atoms with Gasteiger partial charge in [0, 0.05) is 35.2 Å². The molecule has 0 aromatic carbocycles.